The van der Waals surface area contributed by atoms with Crippen molar-refractivity contribution in [3.05, 3.63) is 214 Å². The number of fused-ring (bicyclic) bond motifs is 3. The van der Waals surface area contributed by atoms with E-state index in [4.69, 9.17) is 0 Å². The van der Waals surface area contributed by atoms with Gasteiger partial charge in [-0.2, -0.15) is 0 Å². The number of allylic oxidation sites excluding steroid dienone is 2. The van der Waals surface area contributed by atoms with Gasteiger partial charge in [0.15, 0.2) is 0 Å². The molecular weight excluding hydrogens is 603 g/mol. The lowest BCUT2D eigenvalue weighted by Gasteiger charge is -2.27. The molecule has 50 heavy (non-hydrogen) atoms. The van der Waals surface area contributed by atoms with E-state index in [9.17, 15) is 0 Å². The zero-order valence-electron chi connectivity index (χ0n) is 29.0. The number of hydrogen-bond donors (Lipinski definition) is 0. The van der Waals surface area contributed by atoms with Gasteiger partial charge in [-0.05, 0) is 107 Å². The summed E-state index contributed by atoms with van der Waals surface area (Å²) in [4.78, 5) is 2.62. The Labute approximate surface area is 297 Å². The molecule has 2 unspecified atom stereocenters. The fraction of sp³-hybridized carbons (Fsp3) is 0.143. The lowest BCUT2D eigenvalue weighted by Crippen LogP contribution is -2.26. The molecule has 1 nitrogen and oxygen atoms in total. The standard InChI is InChI=1S/C49H43N/c1-35-19-26-41(27-20-35)44(42-28-21-36(2)22-29-42)16-9-11-37-25-32-49-47(34-37)45-17-10-18-48(45)50(49)43-30-23-38(24-31-43)33-46(39-12-5-3-6-13-39)40-14-7-4-8-15-40/h3-9,11-16,19-34,45,48H,10,17-18H2,1-2H3/b11-9+. The Morgan fingerprint density at radius 1 is 0.560 bits per heavy atom. The van der Waals surface area contributed by atoms with Crippen LogP contribution in [0.4, 0.5) is 11.4 Å². The van der Waals surface area contributed by atoms with Gasteiger partial charge in [0.2, 0.25) is 0 Å². The molecule has 1 heteroatoms. The van der Waals surface area contributed by atoms with E-state index in [2.05, 4.69) is 195 Å². The van der Waals surface area contributed by atoms with E-state index >= 15 is 0 Å². The molecule has 0 bridgehead atoms. The molecule has 2 atom stereocenters. The van der Waals surface area contributed by atoms with Crippen LogP contribution in [0.2, 0.25) is 0 Å². The van der Waals surface area contributed by atoms with Crippen LogP contribution in [0.3, 0.4) is 0 Å². The minimum atomic E-state index is 0.518. The highest BCUT2D eigenvalue weighted by atomic mass is 15.2. The number of anilines is 2. The third-order valence-corrected chi connectivity index (χ3v) is 10.5. The van der Waals surface area contributed by atoms with Crippen LogP contribution in [-0.4, -0.2) is 6.04 Å². The van der Waals surface area contributed by atoms with Crippen molar-refractivity contribution in [1.82, 2.24) is 0 Å². The lowest BCUT2D eigenvalue weighted by molar-refractivity contribution is 0.642. The smallest absolute Gasteiger partial charge is 0.0450 e. The highest BCUT2D eigenvalue weighted by Gasteiger charge is 2.42. The predicted molar refractivity (Wildman–Crippen MR) is 214 cm³/mol. The highest BCUT2D eigenvalue weighted by molar-refractivity contribution is 5.91. The summed E-state index contributed by atoms with van der Waals surface area (Å²) in [6, 6.07) is 55.9. The number of nitrogens with zero attached hydrogens (tertiary/aromatic N) is 1. The van der Waals surface area contributed by atoms with E-state index in [0.717, 1.165) is 0 Å². The Kier molecular flexibility index (Phi) is 8.88. The van der Waals surface area contributed by atoms with Crippen LogP contribution in [-0.2, 0) is 0 Å². The Bertz CT molecular complexity index is 2080. The molecule has 1 saturated carbocycles. The normalized spacial score (nSPS) is 16.2. The second kappa shape index (κ2) is 14.1. The summed E-state index contributed by atoms with van der Waals surface area (Å²) in [7, 11) is 0. The first kappa shape index (κ1) is 31.6. The number of aryl methyl sites for hydroxylation is 2. The van der Waals surface area contributed by atoms with Crippen LogP contribution in [0.25, 0.3) is 23.3 Å². The quantitative estimate of drug-likeness (QED) is 0.118. The molecule has 1 heterocycles. The molecule has 2 aliphatic rings. The van der Waals surface area contributed by atoms with Crippen molar-refractivity contribution in [2.75, 3.05) is 4.90 Å². The first-order valence-electron chi connectivity index (χ1n) is 18.0. The van der Waals surface area contributed by atoms with Crippen molar-refractivity contribution in [3.63, 3.8) is 0 Å². The van der Waals surface area contributed by atoms with Crippen molar-refractivity contribution >= 4 is 34.7 Å². The Morgan fingerprint density at radius 2 is 1.12 bits per heavy atom. The minimum Gasteiger partial charge on any atom is -0.338 e. The van der Waals surface area contributed by atoms with Crippen LogP contribution in [0.15, 0.2) is 164 Å². The molecule has 244 valence electrons. The number of hydrogen-bond acceptors (Lipinski definition) is 1. The van der Waals surface area contributed by atoms with Gasteiger partial charge in [0, 0.05) is 23.3 Å². The average molecular weight is 646 g/mol. The van der Waals surface area contributed by atoms with Crippen molar-refractivity contribution in [3.8, 4) is 0 Å². The van der Waals surface area contributed by atoms with E-state index in [1.807, 2.05) is 0 Å². The SMILES string of the molecule is Cc1ccc(C(=C/C=C/c2ccc3c(c2)C2CCCC2N3c2ccc(C=C(c3ccccc3)c3ccccc3)cc2)c2ccc(C)cc2)cc1. The molecular formula is C49H43N. The van der Waals surface area contributed by atoms with Crippen LogP contribution < -0.4 is 4.90 Å². The molecule has 0 saturated heterocycles. The maximum atomic E-state index is 2.62. The van der Waals surface area contributed by atoms with E-state index in [1.165, 1.54) is 91.9 Å². The van der Waals surface area contributed by atoms with E-state index in [0.29, 0.717) is 12.0 Å². The third-order valence-electron chi connectivity index (χ3n) is 10.5. The van der Waals surface area contributed by atoms with Crippen LogP contribution >= 0.6 is 0 Å². The molecule has 1 aliphatic carbocycles. The first-order valence-corrected chi connectivity index (χ1v) is 18.0. The van der Waals surface area contributed by atoms with Gasteiger partial charge in [-0.25, -0.2) is 0 Å². The van der Waals surface area contributed by atoms with E-state index in [1.54, 1.807) is 0 Å². The van der Waals surface area contributed by atoms with Crippen molar-refractivity contribution in [2.45, 2.75) is 45.1 Å². The summed E-state index contributed by atoms with van der Waals surface area (Å²) < 4.78 is 0. The molecule has 0 N–H and O–H groups in total. The maximum Gasteiger partial charge on any atom is 0.0450 e. The van der Waals surface area contributed by atoms with Gasteiger partial charge in [-0.1, -0.05) is 163 Å². The fourth-order valence-corrected chi connectivity index (χ4v) is 7.86. The van der Waals surface area contributed by atoms with Crippen LogP contribution in [0.5, 0.6) is 0 Å². The third kappa shape index (κ3) is 6.52. The van der Waals surface area contributed by atoms with Gasteiger partial charge in [0.25, 0.3) is 0 Å². The van der Waals surface area contributed by atoms with Gasteiger partial charge in [0.1, 0.15) is 0 Å². The summed E-state index contributed by atoms with van der Waals surface area (Å²) in [6.45, 7) is 4.29. The lowest BCUT2D eigenvalue weighted by atomic mass is 9.95. The summed E-state index contributed by atoms with van der Waals surface area (Å²) in [5.41, 5.74) is 16.6. The fourth-order valence-electron chi connectivity index (χ4n) is 7.86. The summed E-state index contributed by atoms with van der Waals surface area (Å²) >= 11 is 0. The average Bonchev–Trinajstić information content (AvgIpc) is 3.76. The van der Waals surface area contributed by atoms with Crippen molar-refractivity contribution in [2.24, 2.45) is 0 Å². The van der Waals surface area contributed by atoms with E-state index < -0.39 is 0 Å². The molecule has 1 fully saturated rings. The maximum absolute atomic E-state index is 2.62. The molecule has 0 spiro atoms. The zero-order valence-corrected chi connectivity index (χ0v) is 29.0. The molecule has 8 rings (SSSR count). The Morgan fingerprint density at radius 3 is 1.72 bits per heavy atom. The Hall–Kier alpha value is -5.66. The monoisotopic (exact) mass is 645 g/mol. The molecule has 6 aromatic carbocycles. The van der Waals surface area contributed by atoms with Gasteiger partial charge in [0.05, 0.1) is 0 Å². The summed E-state index contributed by atoms with van der Waals surface area (Å²) in [5.74, 6) is 0.576. The molecule has 1 aliphatic heterocycles. The number of rotatable bonds is 8. The number of benzene rings is 6. The van der Waals surface area contributed by atoms with Crippen LogP contribution in [0.1, 0.15) is 75.3 Å². The largest absolute Gasteiger partial charge is 0.338 e. The minimum absolute atomic E-state index is 0.518. The van der Waals surface area contributed by atoms with Crippen molar-refractivity contribution in [1.29, 1.82) is 0 Å². The van der Waals surface area contributed by atoms with Gasteiger partial charge in [-0.15, -0.1) is 0 Å². The molecule has 6 aromatic rings. The first-order chi connectivity index (χ1) is 24.6. The van der Waals surface area contributed by atoms with Crippen LogP contribution in [0, 0.1) is 13.8 Å². The Balaban J connectivity index is 1.08. The molecule has 0 aromatic heterocycles. The second-order valence-electron chi connectivity index (χ2n) is 13.8. The highest BCUT2D eigenvalue weighted by Crippen LogP contribution is 2.52. The van der Waals surface area contributed by atoms with Gasteiger partial charge >= 0.3 is 0 Å². The van der Waals surface area contributed by atoms with Gasteiger partial charge < -0.3 is 4.90 Å². The summed E-state index contributed by atoms with van der Waals surface area (Å²) in [6.07, 6.45) is 12.9. The van der Waals surface area contributed by atoms with Crippen molar-refractivity contribution < 1.29 is 0 Å². The van der Waals surface area contributed by atoms with Gasteiger partial charge in [-0.3, -0.25) is 0 Å². The summed E-state index contributed by atoms with van der Waals surface area (Å²) in [5, 5.41) is 0. The zero-order chi connectivity index (χ0) is 33.9. The molecule has 0 amide bonds. The van der Waals surface area contributed by atoms with E-state index in [-0.39, 0.29) is 0 Å². The molecule has 0 radical (unpaired) electrons. The topological polar surface area (TPSA) is 3.24 Å². The second-order valence-corrected chi connectivity index (χ2v) is 13.8. The predicted octanol–water partition coefficient (Wildman–Crippen LogP) is 12.8.